The summed E-state index contributed by atoms with van der Waals surface area (Å²) < 4.78 is 15.2. The van der Waals surface area contributed by atoms with E-state index in [9.17, 15) is 5.11 Å². The highest BCUT2D eigenvalue weighted by atomic mass is 16.7. The number of ether oxygens (including phenoxy) is 3. The molecule has 1 saturated heterocycles. The third-order valence-corrected chi connectivity index (χ3v) is 1.97. The molecule has 1 aliphatic heterocycles. The number of hydrogen-bond acceptors (Lipinski definition) is 4. The quantitative estimate of drug-likeness (QED) is 0.608. The Morgan fingerprint density at radius 2 is 1.73 bits per heavy atom. The first kappa shape index (κ1) is 8.93. The van der Waals surface area contributed by atoms with Crippen LogP contribution in [0.25, 0.3) is 0 Å². The first-order chi connectivity index (χ1) is 5.20. The minimum Gasteiger partial charge on any atom is -0.376 e. The van der Waals surface area contributed by atoms with E-state index >= 15 is 0 Å². The fourth-order valence-corrected chi connectivity index (χ4v) is 1.38. The highest BCUT2D eigenvalue weighted by molar-refractivity contribution is 4.85. The van der Waals surface area contributed by atoms with E-state index in [1.807, 2.05) is 6.92 Å². The van der Waals surface area contributed by atoms with E-state index in [0.29, 0.717) is 0 Å². The van der Waals surface area contributed by atoms with Gasteiger partial charge in [-0.05, 0) is 6.92 Å². The molecule has 0 radical (unpaired) electrons. The fourth-order valence-electron chi connectivity index (χ4n) is 1.38. The second-order valence-corrected chi connectivity index (χ2v) is 2.63. The van der Waals surface area contributed by atoms with Gasteiger partial charge in [0.2, 0.25) is 0 Å². The topological polar surface area (TPSA) is 47.9 Å². The van der Waals surface area contributed by atoms with Gasteiger partial charge >= 0.3 is 0 Å². The second kappa shape index (κ2) is 3.49. The van der Waals surface area contributed by atoms with Gasteiger partial charge in [-0.25, -0.2) is 0 Å². The second-order valence-electron chi connectivity index (χ2n) is 2.63. The highest BCUT2D eigenvalue weighted by Gasteiger charge is 2.41. The molecule has 4 nitrogen and oxygen atoms in total. The van der Waals surface area contributed by atoms with Crippen LogP contribution < -0.4 is 0 Å². The Hall–Kier alpha value is -0.160. The summed E-state index contributed by atoms with van der Waals surface area (Å²) in [6.45, 7) is 1.84. The molecule has 0 saturated carbocycles. The van der Waals surface area contributed by atoms with Gasteiger partial charge in [-0.1, -0.05) is 0 Å². The monoisotopic (exact) mass is 162 g/mol. The zero-order valence-corrected chi connectivity index (χ0v) is 6.98. The van der Waals surface area contributed by atoms with Crippen LogP contribution in [-0.4, -0.2) is 43.9 Å². The van der Waals surface area contributed by atoms with Crippen molar-refractivity contribution in [2.24, 2.45) is 0 Å². The third-order valence-electron chi connectivity index (χ3n) is 1.97. The standard InChI is InChI=1S/C7H14O4/c1-4-5(9-2)6(10-3)7(8)11-4/h4-8H,1-3H3/t4-,5-,6?,7?/m1/s1. The molecule has 0 spiro atoms. The van der Waals surface area contributed by atoms with Crippen molar-refractivity contribution in [1.29, 1.82) is 0 Å². The van der Waals surface area contributed by atoms with Crippen LogP contribution in [0.3, 0.4) is 0 Å². The van der Waals surface area contributed by atoms with Gasteiger partial charge in [-0.3, -0.25) is 0 Å². The van der Waals surface area contributed by atoms with Crippen molar-refractivity contribution < 1.29 is 19.3 Å². The van der Waals surface area contributed by atoms with Gasteiger partial charge in [0.25, 0.3) is 0 Å². The maximum absolute atomic E-state index is 9.23. The van der Waals surface area contributed by atoms with E-state index in [2.05, 4.69) is 0 Å². The van der Waals surface area contributed by atoms with Crippen molar-refractivity contribution >= 4 is 0 Å². The molecule has 4 heteroatoms. The Balaban J connectivity index is 2.59. The molecule has 1 heterocycles. The van der Waals surface area contributed by atoms with E-state index in [-0.39, 0.29) is 18.3 Å². The molecule has 1 N–H and O–H groups in total. The molecule has 0 amide bonds. The molecule has 66 valence electrons. The number of methoxy groups -OCH3 is 2. The first-order valence-electron chi connectivity index (χ1n) is 3.59. The minimum absolute atomic E-state index is 0.111. The van der Waals surface area contributed by atoms with Gasteiger partial charge < -0.3 is 19.3 Å². The summed E-state index contributed by atoms with van der Waals surface area (Å²) in [6.07, 6.45) is -1.51. The van der Waals surface area contributed by atoms with Crippen LogP contribution in [0.1, 0.15) is 6.92 Å². The lowest BCUT2D eigenvalue weighted by atomic mass is 10.1. The minimum atomic E-state index is -0.861. The highest BCUT2D eigenvalue weighted by Crippen LogP contribution is 2.23. The summed E-state index contributed by atoms with van der Waals surface area (Å²) in [4.78, 5) is 0. The SMILES string of the molecule is COC1C(O)O[C@H](C)[C@H]1OC. The average Bonchev–Trinajstić information content (AvgIpc) is 2.24. The number of rotatable bonds is 2. The van der Waals surface area contributed by atoms with Crippen LogP contribution >= 0.6 is 0 Å². The lowest BCUT2D eigenvalue weighted by molar-refractivity contribution is -0.133. The van der Waals surface area contributed by atoms with Crippen LogP contribution in [0.5, 0.6) is 0 Å². The molecule has 2 unspecified atom stereocenters. The molecule has 0 aromatic heterocycles. The normalized spacial score (nSPS) is 44.7. The lowest BCUT2D eigenvalue weighted by Crippen LogP contribution is -2.35. The van der Waals surface area contributed by atoms with E-state index < -0.39 is 6.29 Å². The van der Waals surface area contributed by atoms with Crippen LogP contribution in [0.15, 0.2) is 0 Å². The van der Waals surface area contributed by atoms with Gasteiger partial charge in [-0.2, -0.15) is 0 Å². The summed E-state index contributed by atoms with van der Waals surface area (Å²) in [6, 6.07) is 0. The molecular formula is C7H14O4. The molecule has 0 aromatic rings. The predicted molar refractivity (Wildman–Crippen MR) is 38.1 cm³/mol. The molecule has 1 aliphatic rings. The van der Waals surface area contributed by atoms with E-state index in [4.69, 9.17) is 14.2 Å². The van der Waals surface area contributed by atoms with E-state index in [1.165, 1.54) is 7.11 Å². The van der Waals surface area contributed by atoms with Crippen LogP contribution in [-0.2, 0) is 14.2 Å². The van der Waals surface area contributed by atoms with Gasteiger partial charge in [0.05, 0.1) is 6.10 Å². The number of aliphatic hydroxyl groups excluding tert-OH is 1. The van der Waals surface area contributed by atoms with Gasteiger partial charge in [-0.15, -0.1) is 0 Å². The van der Waals surface area contributed by atoms with Gasteiger partial charge in [0, 0.05) is 14.2 Å². The van der Waals surface area contributed by atoms with Crippen LogP contribution in [0, 0.1) is 0 Å². The van der Waals surface area contributed by atoms with Crippen LogP contribution in [0.2, 0.25) is 0 Å². The predicted octanol–water partition coefficient (Wildman–Crippen LogP) is -0.247. The summed E-state index contributed by atoms with van der Waals surface area (Å²) in [5.74, 6) is 0. The lowest BCUT2D eigenvalue weighted by Gasteiger charge is -2.17. The molecule has 1 rings (SSSR count). The smallest absolute Gasteiger partial charge is 0.184 e. The average molecular weight is 162 g/mol. The summed E-state index contributed by atoms with van der Waals surface area (Å²) in [7, 11) is 3.11. The Labute approximate surface area is 66.1 Å². The molecular weight excluding hydrogens is 148 g/mol. The summed E-state index contributed by atoms with van der Waals surface area (Å²) >= 11 is 0. The Morgan fingerprint density at radius 1 is 1.18 bits per heavy atom. The summed E-state index contributed by atoms with van der Waals surface area (Å²) in [5.41, 5.74) is 0. The maximum atomic E-state index is 9.23. The number of hydrogen-bond donors (Lipinski definition) is 1. The van der Waals surface area contributed by atoms with Crippen molar-refractivity contribution in [3.63, 3.8) is 0 Å². The van der Waals surface area contributed by atoms with Crippen LogP contribution in [0.4, 0.5) is 0 Å². The Kier molecular flexibility index (Phi) is 2.84. The Morgan fingerprint density at radius 3 is 2.09 bits per heavy atom. The first-order valence-corrected chi connectivity index (χ1v) is 3.59. The number of aliphatic hydroxyl groups is 1. The van der Waals surface area contributed by atoms with E-state index in [1.54, 1.807) is 7.11 Å². The molecule has 1 fully saturated rings. The zero-order chi connectivity index (χ0) is 8.43. The Bertz CT molecular complexity index is 114. The van der Waals surface area contributed by atoms with Crippen molar-refractivity contribution in [1.82, 2.24) is 0 Å². The summed E-state index contributed by atoms with van der Waals surface area (Å²) in [5, 5.41) is 9.23. The third kappa shape index (κ3) is 1.54. The van der Waals surface area contributed by atoms with Gasteiger partial charge in [0.15, 0.2) is 6.29 Å². The van der Waals surface area contributed by atoms with Gasteiger partial charge in [0.1, 0.15) is 12.2 Å². The van der Waals surface area contributed by atoms with Crippen molar-refractivity contribution in [3.05, 3.63) is 0 Å². The maximum Gasteiger partial charge on any atom is 0.184 e. The van der Waals surface area contributed by atoms with Crippen molar-refractivity contribution in [2.75, 3.05) is 14.2 Å². The molecule has 0 bridgehead atoms. The molecule has 0 aromatic carbocycles. The van der Waals surface area contributed by atoms with Crippen molar-refractivity contribution in [2.45, 2.75) is 31.5 Å². The largest absolute Gasteiger partial charge is 0.376 e. The molecule has 4 atom stereocenters. The van der Waals surface area contributed by atoms with E-state index in [0.717, 1.165) is 0 Å². The molecule has 11 heavy (non-hydrogen) atoms. The zero-order valence-electron chi connectivity index (χ0n) is 6.98. The molecule has 0 aliphatic carbocycles. The van der Waals surface area contributed by atoms with Crippen molar-refractivity contribution in [3.8, 4) is 0 Å². The fraction of sp³-hybridized carbons (Fsp3) is 1.00.